The van der Waals surface area contributed by atoms with Gasteiger partial charge in [0.25, 0.3) is 0 Å². The highest BCUT2D eigenvalue weighted by Crippen LogP contribution is 2.39. The highest BCUT2D eigenvalue weighted by molar-refractivity contribution is 7.21. The first-order valence-electron chi connectivity index (χ1n) is 15.1. The largest absolute Gasteiger partial charge is 0.496 e. The minimum Gasteiger partial charge on any atom is -0.496 e. The summed E-state index contributed by atoms with van der Waals surface area (Å²) >= 11 is 1.65. The van der Waals surface area contributed by atoms with E-state index in [0.717, 1.165) is 101 Å². The summed E-state index contributed by atoms with van der Waals surface area (Å²) in [6.45, 7) is 8.81. The third-order valence-corrected chi connectivity index (χ3v) is 9.56. The Kier molecular flexibility index (Phi) is 9.23. The molecule has 0 saturated carbocycles. The topological polar surface area (TPSA) is 84.4 Å². The molecule has 4 aromatic rings. The molecule has 226 valence electrons. The second kappa shape index (κ2) is 13.4. The van der Waals surface area contributed by atoms with E-state index in [-0.39, 0.29) is 0 Å². The number of morpholine rings is 1. The first-order valence-corrected chi connectivity index (χ1v) is 15.9. The van der Waals surface area contributed by atoms with Gasteiger partial charge in [-0.05, 0) is 73.7 Å². The molecule has 2 fully saturated rings. The molecule has 1 atom stereocenters. The second-order valence-corrected chi connectivity index (χ2v) is 12.3. The standard InChI is InChI=1S/C34H39N3O5S/c1-23-27(24-7-3-8-26(19-24)42-16-6-12-36-14-17-41-18-15-36)9-4-10-28(23)33-35-29-20-25(31(40-2)21-32(29)43-33)22-37-13-5-11-30(37)34(38)39/h3-4,7-10,19-21,30H,5-6,11-18,22H2,1-2H3,(H,38,39). The quantitative estimate of drug-likeness (QED) is 0.207. The number of aromatic nitrogens is 1. The fraction of sp³-hybridized carbons (Fsp3) is 0.412. The molecule has 2 aliphatic rings. The molecule has 8 nitrogen and oxygen atoms in total. The van der Waals surface area contributed by atoms with Gasteiger partial charge in [-0.15, -0.1) is 11.3 Å². The van der Waals surface area contributed by atoms with Crippen molar-refractivity contribution in [3.8, 4) is 33.2 Å². The first kappa shape index (κ1) is 29.6. The SMILES string of the molecule is COc1cc2sc(-c3cccc(-c4cccc(OCCCN5CCOCC5)c4)c3C)nc2cc1CN1CCCC1C(=O)O. The van der Waals surface area contributed by atoms with Crippen LogP contribution in [0.4, 0.5) is 0 Å². The van der Waals surface area contributed by atoms with Crippen LogP contribution >= 0.6 is 11.3 Å². The number of hydrogen-bond donors (Lipinski definition) is 1. The highest BCUT2D eigenvalue weighted by atomic mass is 32.1. The van der Waals surface area contributed by atoms with Gasteiger partial charge in [0.1, 0.15) is 22.5 Å². The van der Waals surface area contributed by atoms with Gasteiger partial charge in [-0.25, -0.2) is 4.98 Å². The van der Waals surface area contributed by atoms with E-state index < -0.39 is 12.0 Å². The van der Waals surface area contributed by atoms with Crippen LogP contribution in [0.5, 0.6) is 11.5 Å². The van der Waals surface area contributed by atoms with E-state index in [2.05, 4.69) is 54.3 Å². The average molecular weight is 602 g/mol. The summed E-state index contributed by atoms with van der Waals surface area (Å²) < 4.78 is 18.4. The number of nitrogens with zero attached hydrogens (tertiary/aromatic N) is 3. The number of ether oxygens (including phenoxy) is 3. The van der Waals surface area contributed by atoms with Gasteiger partial charge in [0.2, 0.25) is 0 Å². The number of aliphatic carboxylic acids is 1. The van der Waals surface area contributed by atoms with Crippen LogP contribution in [-0.4, -0.2) is 85.0 Å². The summed E-state index contributed by atoms with van der Waals surface area (Å²) in [6, 6.07) is 18.4. The van der Waals surface area contributed by atoms with Crippen LogP contribution < -0.4 is 9.47 Å². The van der Waals surface area contributed by atoms with Gasteiger partial charge in [-0.2, -0.15) is 0 Å². The molecule has 6 rings (SSSR count). The molecule has 0 radical (unpaired) electrons. The molecule has 0 amide bonds. The summed E-state index contributed by atoms with van der Waals surface area (Å²) in [5, 5.41) is 10.6. The van der Waals surface area contributed by atoms with Crippen LogP contribution in [0, 0.1) is 6.92 Å². The lowest BCUT2D eigenvalue weighted by Crippen LogP contribution is -2.37. The van der Waals surface area contributed by atoms with Crippen molar-refractivity contribution in [1.29, 1.82) is 0 Å². The maximum Gasteiger partial charge on any atom is 0.320 e. The van der Waals surface area contributed by atoms with Gasteiger partial charge in [-0.1, -0.05) is 30.3 Å². The Labute approximate surface area is 256 Å². The highest BCUT2D eigenvalue weighted by Gasteiger charge is 2.31. The van der Waals surface area contributed by atoms with E-state index >= 15 is 0 Å². The molecule has 0 aliphatic carbocycles. The Bertz CT molecular complexity index is 1580. The number of carbonyl (C=O) groups is 1. The Hall–Kier alpha value is -3.50. The van der Waals surface area contributed by atoms with Crippen molar-refractivity contribution in [3.05, 3.63) is 65.7 Å². The molecule has 1 N–H and O–H groups in total. The number of rotatable bonds is 11. The van der Waals surface area contributed by atoms with Crippen LogP contribution in [0.3, 0.4) is 0 Å². The summed E-state index contributed by atoms with van der Waals surface area (Å²) in [5.41, 5.74) is 6.41. The predicted molar refractivity (Wildman–Crippen MR) is 170 cm³/mol. The number of carboxylic acids is 1. The van der Waals surface area contributed by atoms with Crippen LogP contribution in [0.2, 0.25) is 0 Å². The zero-order valence-electron chi connectivity index (χ0n) is 24.9. The number of methoxy groups -OCH3 is 1. The lowest BCUT2D eigenvalue weighted by atomic mass is 9.96. The molecule has 0 spiro atoms. The molecule has 0 bridgehead atoms. The van der Waals surface area contributed by atoms with E-state index in [1.807, 2.05) is 17.0 Å². The number of fused-ring (bicyclic) bond motifs is 1. The van der Waals surface area contributed by atoms with Crippen molar-refractivity contribution in [2.45, 2.75) is 38.8 Å². The normalized spacial score (nSPS) is 17.9. The lowest BCUT2D eigenvalue weighted by molar-refractivity contribution is -0.142. The smallest absolute Gasteiger partial charge is 0.320 e. The molecule has 3 heterocycles. The fourth-order valence-electron chi connectivity index (χ4n) is 6.18. The average Bonchev–Trinajstić information content (AvgIpc) is 3.66. The van der Waals surface area contributed by atoms with Crippen molar-refractivity contribution in [2.24, 2.45) is 0 Å². The van der Waals surface area contributed by atoms with E-state index in [4.69, 9.17) is 19.2 Å². The molecule has 43 heavy (non-hydrogen) atoms. The summed E-state index contributed by atoms with van der Waals surface area (Å²) in [5.74, 6) is 0.891. The van der Waals surface area contributed by atoms with E-state index in [0.29, 0.717) is 19.6 Å². The van der Waals surface area contributed by atoms with Crippen LogP contribution in [0.25, 0.3) is 31.9 Å². The number of thiazole rings is 1. The molecule has 1 unspecified atom stereocenters. The van der Waals surface area contributed by atoms with Gasteiger partial charge in [0.15, 0.2) is 0 Å². The molecule has 3 aromatic carbocycles. The molecular weight excluding hydrogens is 562 g/mol. The zero-order chi connectivity index (χ0) is 29.8. The van der Waals surface area contributed by atoms with Crippen molar-refractivity contribution in [2.75, 3.05) is 53.1 Å². The van der Waals surface area contributed by atoms with Gasteiger partial charge in [-0.3, -0.25) is 14.6 Å². The zero-order valence-corrected chi connectivity index (χ0v) is 25.7. The van der Waals surface area contributed by atoms with Gasteiger partial charge < -0.3 is 19.3 Å². The maximum atomic E-state index is 11.7. The van der Waals surface area contributed by atoms with E-state index in [1.54, 1.807) is 18.4 Å². The van der Waals surface area contributed by atoms with Crippen LogP contribution in [-0.2, 0) is 16.1 Å². The molecule has 9 heteroatoms. The lowest BCUT2D eigenvalue weighted by Gasteiger charge is -2.26. The van der Waals surface area contributed by atoms with Gasteiger partial charge in [0.05, 0.1) is 37.1 Å². The number of hydrogen-bond acceptors (Lipinski definition) is 8. The van der Waals surface area contributed by atoms with Crippen molar-refractivity contribution >= 4 is 27.5 Å². The number of likely N-dealkylation sites (tertiary alicyclic amines) is 1. The summed E-state index contributed by atoms with van der Waals surface area (Å²) in [6.07, 6.45) is 2.56. The maximum absolute atomic E-state index is 11.7. The minimum absolute atomic E-state index is 0.448. The third kappa shape index (κ3) is 6.70. The first-order chi connectivity index (χ1) is 21.0. The number of benzene rings is 3. The molecule has 2 saturated heterocycles. The van der Waals surface area contributed by atoms with Crippen LogP contribution in [0.15, 0.2) is 54.6 Å². The van der Waals surface area contributed by atoms with Crippen LogP contribution in [0.1, 0.15) is 30.4 Å². The van der Waals surface area contributed by atoms with Crippen molar-refractivity contribution in [3.63, 3.8) is 0 Å². The third-order valence-electron chi connectivity index (χ3n) is 8.51. The van der Waals surface area contributed by atoms with Crippen molar-refractivity contribution in [1.82, 2.24) is 14.8 Å². The predicted octanol–water partition coefficient (Wildman–Crippen LogP) is 6.10. The van der Waals surface area contributed by atoms with Gasteiger partial charge >= 0.3 is 5.97 Å². The second-order valence-electron chi connectivity index (χ2n) is 11.3. The number of carboxylic acid groups (broad SMARTS) is 1. The Morgan fingerprint density at radius 1 is 1.09 bits per heavy atom. The minimum atomic E-state index is -0.760. The van der Waals surface area contributed by atoms with Crippen molar-refractivity contribution < 1.29 is 24.1 Å². The Balaban J connectivity index is 1.20. The monoisotopic (exact) mass is 601 g/mol. The Morgan fingerprint density at radius 2 is 1.91 bits per heavy atom. The molecular formula is C34H39N3O5S. The summed E-state index contributed by atoms with van der Waals surface area (Å²) in [7, 11) is 1.67. The molecule has 2 aliphatic heterocycles. The van der Waals surface area contributed by atoms with Gasteiger partial charge in [0, 0.05) is 37.3 Å². The summed E-state index contributed by atoms with van der Waals surface area (Å²) in [4.78, 5) is 21.2. The van der Waals surface area contributed by atoms with E-state index in [9.17, 15) is 9.90 Å². The Morgan fingerprint density at radius 3 is 2.72 bits per heavy atom. The van der Waals surface area contributed by atoms with E-state index in [1.165, 1.54) is 5.56 Å². The molecule has 1 aromatic heterocycles. The fourth-order valence-corrected chi connectivity index (χ4v) is 7.24.